The SMILES string of the molecule is CCN(CC)CC=Cc1cc(F)cc(CN(CC)CC)c1O. The van der Waals surface area contributed by atoms with Crippen LogP contribution >= 0.6 is 0 Å². The Hall–Kier alpha value is -1.39. The van der Waals surface area contributed by atoms with Crippen LogP contribution in [0.25, 0.3) is 6.08 Å². The van der Waals surface area contributed by atoms with Crippen molar-refractivity contribution in [2.75, 3.05) is 32.7 Å². The molecule has 0 aliphatic heterocycles. The molecule has 0 heterocycles. The monoisotopic (exact) mass is 308 g/mol. The third-order valence-electron chi connectivity index (χ3n) is 4.03. The highest BCUT2D eigenvalue weighted by molar-refractivity contribution is 5.59. The summed E-state index contributed by atoms with van der Waals surface area (Å²) >= 11 is 0. The Labute approximate surface area is 134 Å². The minimum atomic E-state index is -0.303. The number of phenols is 1. The van der Waals surface area contributed by atoms with Gasteiger partial charge in [-0.15, -0.1) is 0 Å². The minimum absolute atomic E-state index is 0.184. The molecule has 0 saturated heterocycles. The van der Waals surface area contributed by atoms with Crippen LogP contribution in [0.1, 0.15) is 38.8 Å². The largest absolute Gasteiger partial charge is 0.507 e. The molecule has 22 heavy (non-hydrogen) atoms. The number of nitrogens with zero attached hydrogens (tertiary/aromatic N) is 2. The number of hydrogen-bond acceptors (Lipinski definition) is 3. The van der Waals surface area contributed by atoms with E-state index < -0.39 is 0 Å². The Morgan fingerprint density at radius 3 is 2.14 bits per heavy atom. The lowest BCUT2D eigenvalue weighted by Gasteiger charge is -2.19. The van der Waals surface area contributed by atoms with Crippen molar-refractivity contribution >= 4 is 6.08 Å². The number of phenolic OH excluding ortho intramolecular Hbond substituents is 1. The number of likely N-dealkylation sites (N-methyl/N-ethyl adjacent to an activating group) is 1. The van der Waals surface area contributed by atoms with Crippen LogP contribution < -0.4 is 0 Å². The van der Waals surface area contributed by atoms with Gasteiger partial charge in [-0.25, -0.2) is 4.39 Å². The van der Waals surface area contributed by atoms with E-state index in [1.165, 1.54) is 12.1 Å². The van der Waals surface area contributed by atoms with Gasteiger partial charge in [0.2, 0.25) is 0 Å². The van der Waals surface area contributed by atoms with Gasteiger partial charge in [0, 0.05) is 24.2 Å². The van der Waals surface area contributed by atoms with Gasteiger partial charge in [0.25, 0.3) is 0 Å². The Bertz CT molecular complexity index is 480. The fourth-order valence-electron chi connectivity index (χ4n) is 2.43. The predicted octanol–water partition coefficient (Wildman–Crippen LogP) is 3.73. The molecule has 0 radical (unpaired) electrons. The molecule has 1 aromatic rings. The molecule has 124 valence electrons. The van der Waals surface area contributed by atoms with Crippen LogP contribution in [-0.2, 0) is 6.54 Å². The summed E-state index contributed by atoms with van der Waals surface area (Å²) in [6.07, 6.45) is 3.78. The van der Waals surface area contributed by atoms with Gasteiger partial charge in [0.05, 0.1) is 0 Å². The number of benzene rings is 1. The van der Waals surface area contributed by atoms with Crippen molar-refractivity contribution in [2.45, 2.75) is 34.2 Å². The fraction of sp³-hybridized carbons (Fsp3) is 0.556. The lowest BCUT2D eigenvalue weighted by atomic mass is 10.1. The molecule has 0 aliphatic rings. The van der Waals surface area contributed by atoms with Crippen LogP contribution in [0.15, 0.2) is 18.2 Å². The Morgan fingerprint density at radius 2 is 1.59 bits per heavy atom. The van der Waals surface area contributed by atoms with Crippen LogP contribution in [0.4, 0.5) is 4.39 Å². The molecule has 0 atom stereocenters. The number of rotatable bonds is 9. The van der Waals surface area contributed by atoms with Crippen molar-refractivity contribution in [1.29, 1.82) is 0 Å². The van der Waals surface area contributed by atoms with Gasteiger partial charge in [-0.05, 0) is 38.3 Å². The summed E-state index contributed by atoms with van der Waals surface area (Å²) in [6, 6.07) is 2.81. The molecule has 0 spiro atoms. The second kappa shape index (κ2) is 9.59. The van der Waals surface area contributed by atoms with Gasteiger partial charge in [-0.2, -0.15) is 0 Å². The molecule has 3 nitrogen and oxygen atoms in total. The van der Waals surface area contributed by atoms with E-state index in [-0.39, 0.29) is 11.6 Å². The maximum absolute atomic E-state index is 13.8. The zero-order chi connectivity index (χ0) is 16.5. The van der Waals surface area contributed by atoms with E-state index in [4.69, 9.17) is 0 Å². The van der Waals surface area contributed by atoms with Crippen molar-refractivity contribution in [3.63, 3.8) is 0 Å². The Morgan fingerprint density at radius 1 is 1.00 bits per heavy atom. The average Bonchev–Trinajstić information content (AvgIpc) is 2.52. The van der Waals surface area contributed by atoms with Crippen molar-refractivity contribution in [3.05, 3.63) is 35.2 Å². The topological polar surface area (TPSA) is 26.7 Å². The highest BCUT2D eigenvalue weighted by Gasteiger charge is 2.11. The highest BCUT2D eigenvalue weighted by Crippen LogP contribution is 2.26. The fourth-order valence-corrected chi connectivity index (χ4v) is 2.43. The molecule has 0 aromatic heterocycles. The van der Waals surface area contributed by atoms with Gasteiger partial charge in [0.15, 0.2) is 0 Å². The number of halogens is 1. The Kier molecular flexibility index (Phi) is 8.13. The third kappa shape index (κ3) is 5.43. The maximum Gasteiger partial charge on any atom is 0.127 e. The van der Waals surface area contributed by atoms with Gasteiger partial charge in [-0.3, -0.25) is 4.90 Å². The van der Waals surface area contributed by atoms with E-state index in [0.29, 0.717) is 17.7 Å². The van der Waals surface area contributed by atoms with Crippen molar-refractivity contribution in [1.82, 2.24) is 9.80 Å². The van der Waals surface area contributed by atoms with Crippen molar-refractivity contribution in [2.24, 2.45) is 0 Å². The zero-order valence-corrected chi connectivity index (χ0v) is 14.3. The van der Waals surface area contributed by atoms with E-state index in [0.717, 1.165) is 32.7 Å². The third-order valence-corrected chi connectivity index (χ3v) is 4.03. The first-order valence-corrected chi connectivity index (χ1v) is 8.18. The molecule has 1 rings (SSSR count). The summed E-state index contributed by atoms with van der Waals surface area (Å²) in [5.41, 5.74) is 1.19. The zero-order valence-electron chi connectivity index (χ0n) is 14.3. The number of hydrogen-bond donors (Lipinski definition) is 1. The summed E-state index contributed by atoms with van der Waals surface area (Å²) in [5, 5.41) is 10.4. The molecular formula is C18H29FN2O. The minimum Gasteiger partial charge on any atom is -0.507 e. The molecule has 0 fully saturated rings. The lowest BCUT2D eigenvalue weighted by molar-refractivity contribution is 0.290. The summed E-state index contributed by atoms with van der Waals surface area (Å²) < 4.78 is 13.8. The standard InChI is InChI=1S/C18H29FN2O/c1-5-20(6-2)11-9-10-15-12-17(19)13-16(18(15)22)14-21(7-3)8-4/h9-10,12-13,22H,5-8,11,14H2,1-4H3. The quantitative estimate of drug-likeness (QED) is 0.753. The molecule has 0 bridgehead atoms. The van der Waals surface area contributed by atoms with Crippen LogP contribution in [0.5, 0.6) is 5.75 Å². The van der Waals surface area contributed by atoms with Crippen molar-refractivity contribution in [3.8, 4) is 5.75 Å². The van der Waals surface area contributed by atoms with Gasteiger partial charge in [-0.1, -0.05) is 39.8 Å². The summed E-state index contributed by atoms with van der Waals surface area (Å²) in [4.78, 5) is 4.40. The first kappa shape index (κ1) is 18.7. The maximum atomic E-state index is 13.8. The molecule has 0 saturated carbocycles. The van der Waals surface area contributed by atoms with Crippen LogP contribution in [0, 0.1) is 5.82 Å². The molecule has 1 aromatic carbocycles. The molecule has 0 amide bonds. The number of aromatic hydroxyl groups is 1. The van der Waals surface area contributed by atoms with E-state index in [1.807, 2.05) is 12.2 Å². The van der Waals surface area contributed by atoms with Crippen LogP contribution in [0.3, 0.4) is 0 Å². The van der Waals surface area contributed by atoms with E-state index in [9.17, 15) is 9.50 Å². The lowest BCUT2D eigenvalue weighted by Crippen LogP contribution is -2.22. The van der Waals surface area contributed by atoms with Crippen molar-refractivity contribution < 1.29 is 9.50 Å². The summed E-state index contributed by atoms with van der Waals surface area (Å²) in [5.74, 6) is -0.119. The van der Waals surface area contributed by atoms with Crippen LogP contribution in [0.2, 0.25) is 0 Å². The van der Waals surface area contributed by atoms with Gasteiger partial charge >= 0.3 is 0 Å². The molecular weight excluding hydrogens is 279 g/mol. The van der Waals surface area contributed by atoms with Crippen LogP contribution in [-0.4, -0.2) is 47.6 Å². The first-order chi connectivity index (χ1) is 10.5. The molecule has 1 N–H and O–H groups in total. The van der Waals surface area contributed by atoms with E-state index in [1.54, 1.807) is 0 Å². The molecule has 0 unspecified atom stereocenters. The first-order valence-electron chi connectivity index (χ1n) is 8.18. The van der Waals surface area contributed by atoms with E-state index in [2.05, 4.69) is 37.5 Å². The average molecular weight is 308 g/mol. The predicted molar refractivity (Wildman–Crippen MR) is 91.5 cm³/mol. The second-order valence-electron chi connectivity index (χ2n) is 5.35. The summed E-state index contributed by atoms with van der Waals surface area (Å²) in [6.45, 7) is 13.4. The second-order valence-corrected chi connectivity index (χ2v) is 5.35. The van der Waals surface area contributed by atoms with Gasteiger partial charge < -0.3 is 10.0 Å². The summed E-state index contributed by atoms with van der Waals surface area (Å²) in [7, 11) is 0. The highest BCUT2D eigenvalue weighted by atomic mass is 19.1. The molecule has 4 heteroatoms. The normalized spacial score (nSPS) is 12.0. The molecule has 0 aliphatic carbocycles. The van der Waals surface area contributed by atoms with Gasteiger partial charge in [0.1, 0.15) is 11.6 Å². The van der Waals surface area contributed by atoms with E-state index >= 15 is 0 Å². The Balaban J connectivity index is 2.91. The smallest absolute Gasteiger partial charge is 0.127 e.